The van der Waals surface area contributed by atoms with Crippen molar-refractivity contribution in [1.29, 1.82) is 0 Å². The van der Waals surface area contributed by atoms with Gasteiger partial charge in [0.25, 0.3) is 5.91 Å². The lowest BCUT2D eigenvalue weighted by molar-refractivity contribution is 0.102. The number of anilines is 1. The van der Waals surface area contributed by atoms with E-state index in [0.29, 0.717) is 22.5 Å². The molecule has 0 radical (unpaired) electrons. The van der Waals surface area contributed by atoms with E-state index in [-0.39, 0.29) is 17.5 Å². The summed E-state index contributed by atoms with van der Waals surface area (Å²) in [5, 5.41) is 12.6. The molecule has 6 heteroatoms. The minimum absolute atomic E-state index is 0.0881. The first kappa shape index (κ1) is 17.8. The molecule has 0 fully saturated rings. The highest BCUT2D eigenvalue weighted by Crippen LogP contribution is 2.23. The van der Waals surface area contributed by atoms with Crippen molar-refractivity contribution in [2.24, 2.45) is 4.99 Å². The first-order valence-electron chi connectivity index (χ1n) is 7.71. The van der Waals surface area contributed by atoms with E-state index < -0.39 is 0 Å². The number of aromatic hydroxyl groups is 1. The van der Waals surface area contributed by atoms with E-state index >= 15 is 0 Å². The van der Waals surface area contributed by atoms with Gasteiger partial charge in [-0.1, -0.05) is 28.1 Å². The number of carbonyl (C=O) groups is 1. The molecule has 0 saturated carbocycles. The summed E-state index contributed by atoms with van der Waals surface area (Å²) in [5.41, 5.74) is 1.82. The van der Waals surface area contributed by atoms with E-state index in [1.807, 2.05) is 0 Å². The Hall–Kier alpha value is -2.99. The Morgan fingerprint density at radius 2 is 1.81 bits per heavy atom. The molecule has 3 aromatic carbocycles. The number of hydrogen-bond acceptors (Lipinski definition) is 3. The molecule has 2 N–H and O–H groups in total. The minimum atomic E-state index is -0.373. The van der Waals surface area contributed by atoms with Crippen LogP contribution in [0.3, 0.4) is 0 Å². The highest BCUT2D eigenvalue weighted by Gasteiger charge is 2.11. The van der Waals surface area contributed by atoms with Crippen molar-refractivity contribution in [1.82, 2.24) is 0 Å². The van der Waals surface area contributed by atoms with Crippen LogP contribution in [0.2, 0.25) is 0 Å². The van der Waals surface area contributed by atoms with E-state index in [1.165, 1.54) is 30.5 Å². The summed E-state index contributed by atoms with van der Waals surface area (Å²) in [7, 11) is 0. The van der Waals surface area contributed by atoms with Gasteiger partial charge >= 0.3 is 0 Å². The highest BCUT2D eigenvalue weighted by molar-refractivity contribution is 9.10. The normalized spacial score (nSPS) is 10.8. The predicted molar refractivity (Wildman–Crippen MR) is 104 cm³/mol. The Morgan fingerprint density at radius 3 is 2.58 bits per heavy atom. The van der Waals surface area contributed by atoms with Crippen molar-refractivity contribution >= 4 is 39.4 Å². The molecule has 0 spiro atoms. The van der Waals surface area contributed by atoms with E-state index in [4.69, 9.17) is 0 Å². The lowest BCUT2D eigenvalue weighted by atomic mass is 10.1. The molecule has 0 unspecified atom stereocenters. The Labute approximate surface area is 158 Å². The second-order valence-electron chi connectivity index (χ2n) is 5.44. The molecule has 0 aliphatic heterocycles. The molecule has 0 heterocycles. The fraction of sp³-hybridized carbons (Fsp3) is 0. The molecule has 26 heavy (non-hydrogen) atoms. The van der Waals surface area contributed by atoms with Gasteiger partial charge in [0.1, 0.15) is 11.6 Å². The Kier molecular flexibility index (Phi) is 5.43. The minimum Gasteiger partial charge on any atom is -0.507 e. The first-order valence-corrected chi connectivity index (χ1v) is 8.51. The lowest BCUT2D eigenvalue weighted by Crippen LogP contribution is -2.12. The third kappa shape index (κ3) is 4.34. The number of rotatable bonds is 4. The fourth-order valence-corrected chi connectivity index (χ4v) is 2.66. The van der Waals surface area contributed by atoms with Crippen LogP contribution in [0.15, 0.2) is 76.2 Å². The molecular weight excluding hydrogens is 399 g/mol. The summed E-state index contributed by atoms with van der Waals surface area (Å²) in [6, 6.07) is 17.4. The Balaban J connectivity index is 1.85. The summed E-state index contributed by atoms with van der Waals surface area (Å²) >= 11 is 3.34. The molecule has 3 rings (SSSR count). The van der Waals surface area contributed by atoms with Gasteiger partial charge in [0.15, 0.2) is 0 Å². The van der Waals surface area contributed by atoms with Crippen LogP contribution < -0.4 is 5.32 Å². The number of para-hydroxylation sites is 1. The molecule has 4 nitrogen and oxygen atoms in total. The molecule has 130 valence electrons. The van der Waals surface area contributed by atoms with Gasteiger partial charge in [-0.2, -0.15) is 0 Å². The van der Waals surface area contributed by atoms with E-state index in [2.05, 4.69) is 26.2 Å². The van der Waals surface area contributed by atoms with Crippen LogP contribution >= 0.6 is 15.9 Å². The average molecular weight is 413 g/mol. The van der Waals surface area contributed by atoms with Gasteiger partial charge in [0.2, 0.25) is 0 Å². The van der Waals surface area contributed by atoms with Crippen LogP contribution in [0.25, 0.3) is 0 Å². The highest BCUT2D eigenvalue weighted by atomic mass is 79.9. The molecule has 0 atom stereocenters. The number of carbonyl (C=O) groups excluding carboxylic acids is 1. The lowest BCUT2D eigenvalue weighted by Gasteiger charge is -2.07. The van der Waals surface area contributed by atoms with Crippen molar-refractivity contribution in [3.05, 3.63) is 88.1 Å². The number of phenolic OH excluding ortho intramolecular Hbond substituents is 1. The third-order valence-electron chi connectivity index (χ3n) is 3.58. The molecule has 0 aromatic heterocycles. The van der Waals surface area contributed by atoms with Crippen molar-refractivity contribution < 1.29 is 14.3 Å². The largest absolute Gasteiger partial charge is 0.507 e. The van der Waals surface area contributed by atoms with Crippen molar-refractivity contribution in [3.63, 3.8) is 0 Å². The number of benzene rings is 3. The quantitative estimate of drug-likeness (QED) is 0.571. The standard InChI is InChI=1S/C20H14BrFN2O2/c21-14-5-10-19(25)13(11-14)12-23-18-4-2-1-3-17(18)20(26)24-16-8-6-15(22)7-9-16/h1-12,25H,(H,24,26). The maximum Gasteiger partial charge on any atom is 0.257 e. The van der Waals surface area contributed by atoms with Gasteiger partial charge in [-0.05, 0) is 54.6 Å². The molecule has 3 aromatic rings. The van der Waals surface area contributed by atoms with E-state index in [1.54, 1.807) is 42.5 Å². The molecular formula is C20H14BrFN2O2. The molecule has 1 amide bonds. The molecule has 0 saturated heterocycles. The SMILES string of the molecule is O=C(Nc1ccc(F)cc1)c1ccccc1N=Cc1cc(Br)ccc1O. The summed E-state index contributed by atoms with van der Waals surface area (Å²) in [6.45, 7) is 0. The maximum absolute atomic E-state index is 13.0. The van der Waals surface area contributed by atoms with Gasteiger partial charge in [-0.25, -0.2) is 4.39 Å². The number of hydrogen-bond donors (Lipinski definition) is 2. The zero-order valence-electron chi connectivity index (χ0n) is 13.5. The van der Waals surface area contributed by atoms with Crippen LogP contribution in [-0.2, 0) is 0 Å². The number of aliphatic imine (C=N–C) groups is 1. The zero-order chi connectivity index (χ0) is 18.5. The second kappa shape index (κ2) is 7.93. The number of nitrogens with zero attached hydrogens (tertiary/aromatic N) is 1. The first-order chi connectivity index (χ1) is 12.5. The van der Waals surface area contributed by atoms with Crippen LogP contribution in [0, 0.1) is 5.82 Å². The van der Waals surface area contributed by atoms with Crippen LogP contribution in [0.1, 0.15) is 15.9 Å². The number of halogens is 2. The Morgan fingerprint density at radius 1 is 1.08 bits per heavy atom. The molecule has 0 aliphatic carbocycles. The fourth-order valence-electron chi connectivity index (χ4n) is 2.28. The van der Waals surface area contributed by atoms with Crippen LogP contribution in [0.5, 0.6) is 5.75 Å². The van der Waals surface area contributed by atoms with Crippen molar-refractivity contribution in [2.45, 2.75) is 0 Å². The Bertz CT molecular complexity index is 972. The predicted octanol–water partition coefficient (Wildman–Crippen LogP) is 5.30. The van der Waals surface area contributed by atoms with E-state index in [0.717, 1.165) is 4.47 Å². The average Bonchev–Trinajstić information content (AvgIpc) is 2.64. The number of phenols is 1. The van der Waals surface area contributed by atoms with Crippen LogP contribution in [0.4, 0.5) is 15.8 Å². The topological polar surface area (TPSA) is 61.7 Å². The van der Waals surface area contributed by atoms with Gasteiger partial charge in [-0.15, -0.1) is 0 Å². The van der Waals surface area contributed by atoms with Gasteiger partial charge < -0.3 is 10.4 Å². The van der Waals surface area contributed by atoms with Gasteiger partial charge in [0.05, 0.1) is 11.3 Å². The summed E-state index contributed by atoms with van der Waals surface area (Å²) in [5.74, 6) is -0.644. The maximum atomic E-state index is 13.0. The zero-order valence-corrected chi connectivity index (χ0v) is 15.1. The van der Waals surface area contributed by atoms with Crippen LogP contribution in [-0.4, -0.2) is 17.2 Å². The third-order valence-corrected chi connectivity index (χ3v) is 4.08. The van der Waals surface area contributed by atoms with Gasteiger partial charge in [0, 0.05) is 21.9 Å². The van der Waals surface area contributed by atoms with E-state index in [9.17, 15) is 14.3 Å². The number of amides is 1. The molecule has 0 bridgehead atoms. The second-order valence-corrected chi connectivity index (χ2v) is 6.36. The van der Waals surface area contributed by atoms with Gasteiger partial charge in [-0.3, -0.25) is 9.79 Å². The smallest absolute Gasteiger partial charge is 0.257 e. The monoisotopic (exact) mass is 412 g/mol. The van der Waals surface area contributed by atoms with Crippen molar-refractivity contribution in [3.8, 4) is 5.75 Å². The summed E-state index contributed by atoms with van der Waals surface area (Å²) < 4.78 is 13.8. The number of nitrogens with one attached hydrogen (secondary N) is 1. The summed E-state index contributed by atoms with van der Waals surface area (Å²) in [6.07, 6.45) is 1.49. The molecule has 0 aliphatic rings. The van der Waals surface area contributed by atoms with Crippen molar-refractivity contribution in [2.75, 3.05) is 5.32 Å². The summed E-state index contributed by atoms with van der Waals surface area (Å²) in [4.78, 5) is 16.8.